The molecular weight excluding hydrogens is 348 g/mol. The van der Waals surface area contributed by atoms with Gasteiger partial charge in [0.05, 0.1) is 18.2 Å². The number of aromatic hydroxyl groups is 2. The van der Waals surface area contributed by atoms with E-state index in [4.69, 9.17) is 4.74 Å². The van der Waals surface area contributed by atoms with Gasteiger partial charge in [0, 0.05) is 28.9 Å². The lowest BCUT2D eigenvalue weighted by molar-refractivity contribution is 0.102. The summed E-state index contributed by atoms with van der Waals surface area (Å²) >= 11 is 0. The number of phenolic OH excluding ortho intramolecular Hbond substituents is 2. The van der Waals surface area contributed by atoms with Crippen molar-refractivity contribution in [1.82, 2.24) is 0 Å². The molecule has 1 unspecified atom stereocenters. The Kier molecular flexibility index (Phi) is 5.19. The van der Waals surface area contributed by atoms with Crippen LogP contribution in [0.3, 0.4) is 0 Å². The second-order valence-electron chi connectivity index (χ2n) is 6.81. The summed E-state index contributed by atoms with van der Waals surface area (Å²) < 4.78 is 5.24. The Morgan fingerprint density at radius 1 is 1.26 bits per heavy atom. The fourth-order valence-corrected chi connectivity index (χ4v) is 3.79. The van der Waals surface area contributed by atoms with Gasteiger partial charge in [-0.25, -0.2) is 0 Å². The number of hydrogen-bond acceptors (Lipinski definition) is 6. The van der Waals surface area contributed by atoms with E-state index in [0.717, 1.165) is 0 Å². The van der Waals surface area contributed by atoms with Crippen LogP contribution in [0.15, 0.2) is 18.2 Å². The van der Waals surface area contributed by atoms with Gasteiger partial charge < -0.3 is 20.1 Å². The van der Waals surface area contributed by atoms with Crippen molar-refractivity contribution in [3.63, 3.8) is 0 Å². The van der Waals surface area contributed by atoms with Gasteiger partial charge in [-0.15, -0.1) is 0 Å². The first-order valence-electron chi connectivity index (χ1n) is 8.78. The van der Waals surface area contributed by atoms with Crippen LogP contribution in [0.4, 0.5) is 0 Å². The maximum atomic E-state index is 13.2. The molecule has 0 saturated carbocycles. The Hall–Kier alpha value is -2.86. The quantitative estimate of drug-likeness (QED) is 0.424. The second kappa shape index (κ2) is 7.40. The van der Waals surface area contributed by atoms with Gasteiger partial charge in [0.15, 0.2) is 12.1 Å². The molecule has 0 heterocycles. The molecule has 0 aliphatic heterocycles. The zero-order chi connectivity index (χ0) is 19.7. The zero-order valence-electron chi connectivity index (χ0n) is 15.3. The lowest BCUT2D eigenvalue weighted by atomic mass is 9.79. The van der Waals surface area contributed by atoms with Crippen molar-refractivity contribution in [3.05, 3.63) is 51.6 Å². The first-order valence-corrected chi connectivity index (χ1v) is 8.78. The summed E-state index contributed by atoms with van der Waals surface area (Å²) in [5, 5.41) is 30.9. The summed E-state index contributed by atoms with van der Waals surface area (Å²) in [5.41, 5.74) is 1.33. The molecule has 0 aromatic heterocycles. The largest absolute Gasteiger partial charge is 0.507 e. The predicted molar refractivity (Wildman–Crippen MR) is 98.9 cm³/mol. The summed E-state index contributed by atoms with van der Waals surface area (Å²) in [4.78, 5) is 24.9. The molecule has 1 aliphatic carbocycles. The van der Waals surface area contributed by atoms with Crippen molar-refractivity contribution in [3.8, 4) is 17.2 Å². The van der Waals surface area contributed by atoms with Gasteiger partial charge in [0.25, 0.3) is 0 Å². The SMILES string of the molecule is COc1cccc(C(=O)c2c(O)c3c(c(O)c2C=O)CCC(CO)C3)c1C. The molecule has 0 saturated heterocycles. The number of ether oxygens (including phenoxy) is 1. The molecule has 6 heteroatoms. The van der Waals surface area contributed by atoms with Gasteiger partial charge in [-0.1, -0.05) is 12.1 Å². The number of carbonyl (C=O) groups excluding carboxylic acids is 2. The number of rotatable bonds is 5. The molecule has 0 fully saturated rings. The molecule has 2 aromatic carbocycles. The van der Waals surface area contributed by atoms with E-state index >= 15 is 0 Å². The van der Waals surface area contributed by atoms with Crippen molar-refractivity contribution in [2.75, 3.05) is 13.7 Å². The number of phenols is 2. The van der Waals surface area contributed by atoms with Crippen LogP contribution in [0.2, 0.25) is 0 Å². The monoisotopic (exact) mass is 370 g/mol. The van der Waals surface area contributed by atoms with E-state index in [0.29, 0.717) is 48.0 Å². The normalized spacial score (nSPS) is 15.9. The number of aliphatic hydroxyl groups excluding tert-OH is 1. The minimum atomic E-state index is -0.560. The first-order chi connectivity index (χ1) is 12.9. The third-order valence-electron chi connectivity index (χ3n) is 5.34. The van der Waals surface area contributed by atoms with Crippen LogP contribution in [-0.4, -0.2) is 41.1 Å². The molecule has 6 nitrogen and oxygen atoms in total. The van der Waals surface area contributed by atoms with Gasteiger partial charge in [0.2, 0.25) is 0 Å². The Bertz CT molecular complexity index is 916. The zero-order valence-corrected chi connectivity index (χ0v) is 15.3. The Morgan fingerprint density at radius 2 is 2.00 bits per heavy atom. The van der Waals surface area contributed by atoms with Crippen molar-refractivity contribution in [1.29, 1.82) is 0 Å². The number of carbonyl (C=O) groups is 2. The molecule has 27 heavy (non-hydrogen) atoms. The van der Waals surface area contributed by atoms with E-state index in [1.165, 1.54) is 7.11 Å². The van der Waals surface area contributed by atoms with E-state index in [1.807, 2.05) is 0 Å². The number of fused-ring (bicyclic) bond motifs is 1. The van der Waals surface area contributed by atoms with E-state index in [1.54, 1.807) is 25.1 Å². The van der Waals surface area contributed by atoms with Crippen LogP contribution < -0.4 is 4.74 Å². The number of hydrogen-bond donors (Lipinski definition) is 3. The minimum Gasteiger partial charge on any atom is -0.507 e. The van der Waals surface area contributed by atoms with Gasteiger partial charge in [-0.05, 0) is 38.2 Å². The first kappa shape index (κ1) is 18.9. The van der Waals surface area contributed by atoms with Crippen LogP contribution in [0, 0.1) is 12.8 Å². The van der Waals surface area contributed by atoms with Crippen molar-refractivity contribution in [2.24, 2.45) is 5.92 Å². The number of aliphatic hydroxyl groups is 1. The van der Waals surface area contributed by atoms with E-state index in [9.17, 15) is 24.9 Å². The lowest BCUT2D eigenvalue weighted by Crippen LogP contribution is -2.20. The molecule has 0 radical (unpaired) electrons. The maximum absolute atomic E-state index is 13.2. The van der Waals surface area contributed by atoms with E-state index in [-0.39, 0.29) is 40.7 Å². The highest BCUT2D eigenvalue weighted by molar-refractivity contribution is 6.16. The minimum absolute atomic E-state index is 0.0483. The van der Waals surface area contributed by atoms with Crippen molar-refractivity contribution >= 4 is 12.1 Å². The lowest BCUT2D eigenvalue weighted by Gasteiger charge is -2.26. The molecule has 1 atom stereocenters. The van der Waals surface area contributed by atoms with E-state index in [2.05, 4.69) is 0 Å². The van der Waals surface area contributed by atoms with Crippen molar-refractivity contribution in [2.45, 2.75) is 26.2 Å². The molecule has 142 valence electrons. The molecule has 0 spiro atoms. The highest BCUT2D eigenvalue weighted by atomic mass is 16.5. The third-order valence-corrected chi connectivity index (χ3v) is 5.34. The van der Waals surface area contributed by atoms with Crippen LogP contribution in [-0.2, 0) is 12.8 Å². The highest BCUT2D eigenvalue weighted by Gasteiger charge is 2.32. The Morgan fingerprint density at radius 3 is 2.63 bits per heavy atom. The molecule has 1 aliphatic rings. The summed E-state index contributed by atoms with van der Waals surface area (Å²) in [6.45, 7) is 1.66. The summed E-state index contributed by atoms with van der Waals surface area (Å²) in [6.07, 6.45) is 1.79. The standard InChI is InChI=1S/C21H22O6/c1-11-13(4-3-5-17(11)27-2)20(25)18-16(10-23)19(24)14-7-6-12(9-22)8-15(14)21(18)26/h3-5,10,12,22,24,26H,6-9H2,1-2H3. The number of benzene rings is 2. The summed E-state index contributed by atoms with van der Waals surface area (Å²) in [5.74, 6) is -0.675. The molecule has 0 amide bonds. The molecule has 0 bridgehead atoms. The smallest absolute Gasteiger partial charge is 0.198 e. The Balaban J connectivity index is 2.23. The molecule has 3 rings (SSSR count). The Labute approximate surface area is 157 Å². The van der Waals surface area contributed by atoms with Gasteiger partial charge >= 0.3 is 0 Å². The van der Waals surface area contributed by atoms with Crippen LogP contribution in [0.25, 0.3) is 0 Å². The van der Waals surface area contributed by atoms with Crippen LogP contribution in [0.5, 0.6) is 17.2 Å². The third kappa shape index (κ3) is 3.06. The predicted octanol–water partition coefficient (Wildman–Crippen LogP) is 2.56. The highest BCUT2D eigenvalue weighted by Crippen LogP contribution is 2.43. The van der Waals surface area contributed by atoms with Gasteiger partial charge in [-0.2, -0.15) is 0 Å². The topological polar surface area (TPSA) is 104 Å². The number of aldehydes is 1. The average Bonchev–Trinajstić information content (AvgIpc) is 2.69. The number of methoxy groups -OCH3 is 1. The maximum Gasteiger partial charge on any atom is 0.198 e. The molecule has 2 aromatic rings. The summed E-state index contributed by atoms with van der Waals surface area (Å²) in [6, 6.07) is 4.95. The molecular formula is C21H22O6. The number of ketones is 1. The fraction of sp³-hybridized carbons (Fsp3) is 0.333. The van der Waals surface area contributed by atoms with Gasteiger partial charge in [0.1, 0.15) is 17.2 Å². The summed E-state index contributed by atoms with van der Waals surface area (Å²) in [7, 11) is 1.49. The molecule has 3 N–H and O–H groups in total. The van der Waals surface area contributed by atoms with Gasteiger partial charge in [-0.3, -0.25) is 9.59 Å². The van der Waals surface area contributed by atoms with Crippen LogP contribution >= 0.6 is 0 Å². The fourth-order valence-electron chi connectivity index (χ4n) is 3.79. The van der Waals surface area contributed by atoms with E-state index < -0.39 is 5.78 Å². The van der Waals surface area contributed by atoms with Crippen molar-refractivity contribution < 1.29 is 29.6 Å². The average molecular weight is 370 g/mol. The van der Waals surface area contributed by atoms with Crippen LogP contribution in [0.1, 0.15) is 49.4 Å². The second-order valence-corrected chi connectivity index (χ2v) is 6.81.